The van der Waals surface area contributed by atoms with Crippen LogP contribution in [0.1, 0.15) is 49.2 Å². The summed E-state index contributed by atoms with van der Waals surface area (Å²) in [6.07, 6.45) is 0. The Labute approximate surface area is 201 Å². The maximum atomic E-state index is 13.7. The van der Waals surface area contributed by atoms with Crippen molar-refractivity contribution < 1.29 is 23.5 Å². The molecular formula is C28H23NO6. The number of carbonyl (C=O) groups is 2. The predicted molar refractivity (Wildman–Crippen MR) is 130 cm³/mol. The molecule has 0 aliphatic carbocycles. The SMILES string of the molecule is COC(=O)c1ccc(C2c3c(oc4ccc(C)cc4c3=O)C(=O)N2Cc2ccc(OC)cc2)cc1. The number of benzene rings is 3. The first-order valence-corrected chi connectivity index (χ1v) is 11.1. The van der Waals surface area contributed by atoms with Crippen molar-refractivity contribution in [3.05, 3.63) is 111 Å². The van der Waals surface area contributed by atoms with E-state index >= 15 is 0 Å². The lowest BCUT2D eigenvalue weighted by atomic mass is 9.97. The number of amides is 1. The van der Waals surface area contributed by atoms with Gasteiger partial charge in [-0.1, -0.05) is 35.9 Å². The smallest absolute Gasteiger partial charge is 0.337 e. The lowest BCUT2D eigenvalue weighted by molar-refractivity contribution is 0.0599. The summed E-state index contributed by atoms with van der Waals surface area (Å²) in [5.74, 6) is -0.0759. The Morgan fingerprint density at radius 1 is 0.971 bits per heavy atom. The van der Waals surface area contributed by atoms with Crippen LogP contribution in [0.2, 0.25) is 0 Å². The Morgan fingerprint density at radius 2 is 1.69 bits per heavy atom. The molecule has 1 amide bonds. The second-order valence-corrected chi connectivity index (χ2v) is 8.47. The van der Waals surface area contributed by atoms with Gasteiger partial charge in [0.2, 0.25) is 5.76 Å². The normalized spacial score (nSPS) is 14.8. The molecule has 0 radical (unpaired) electrons. The molecule has 5 rings (SSSR count). The van der Waals surface area contributed by atoms with Crippen LogP contribution in [0.25, 0.3) is 11.0 Å². The fourth-order valence-corrected chi connectivity index (χ4v) is 4.49. The number of carbonyl (C=O) groups excluding carboxylic acids is 2. The molecule has 0 spiro atoms. The van der Waals surface area contributed by atoms with Crippen LogP contribution in [0.5, 0.6) is 5.75 Å². The predicted octanol–water partition coefficient (Wildman–Crippen LogP) is 4.64. The molecule has 35 heavy (non-hydrogen) atoms. The molecule has 4 aromatic rings. The average molecular weight is 469 g/mol. The molecule has 0 N–H and O–H groups in total. The zero-order chi connectivity index (χ0) is 24.7. The third-order valence-electron chi connectivity index (χ3n) is 6.28. The summed E-state index contributed by atoms with van der Waals surface area (Å²) in [6.45, 7) is 2.15. The first kappa shape index (κ1) is 22.4. The van der Waals surface area contributed by atoms with Gasteiger partial charge in [-0.25, -0.2) is 4.79 Å². The number of nitrogens with zero attached hydrogens (tertiary/aromatic N) is 1. The van der Waals surface area contributed by atoms with Gasteiger partial charge in [-0.2, -0.15) is 0 Å². The minimum atomic E-state index is -0.674. The summed E-state index contributed by atoms with van der Waals surface area (Å²) in [5, 5.41) is 0.430. The van der Waals surface area contributed by atoms with Gasteiger partial charge in [0.15, 0.2) is 5.43 Å². The van der Waals surface area contributed by atoms with Crippen molar-refractivity contribution in [3.63, 3.8) is 0 Å². The standard InChI is InChI=1S/C28H23NO6/c1-16-4-13-22-21(14-16)25(30)23-24(18-7-9-19(10-8-18)28(32)34-3)29(27(31)26(23)35-22)15-17-5-11-20(33-2)12-6-17/h4-14,24H,15H2,1-3H3. The maximum Gasteiger partial charge on any atom is 0.337 e. The highest BCUT2D eigenvalue weighted by Crippen LogP contribution is 2.39. The summed E-state index contributed by atoms with van der Waals surface area (Å²) < 4.78 is 16.0. The number of hydrogen-bond donors (Lipinski definition) is 0. The fourth-order valence-electron chi connectivity index (χ4n) is 4.49. The van der Waals surface area contributed by atoms with Crippen LogP contribution in [0.15, 0.2) is 75.9 Å². The van der Waals surface area contributed by atoms with Gasteiger partial charge in [0.25, 0.3) is 5.91 Å². The molecule has 0 saturated heterocycles. The number of fused-ring (bicyclic) bond motifs is 2. The van der Waals surface area contributed by atoms with Crippen LogP contribution in [0.3, 0.4) is 0 Å². The third-order valence-corrected chi connectivity index (χ3v) is 6.28. The van der Waals surface area contributed by atoms with Gasteiger partial charge in [0.1, 0.15) is 11.3 Å². The minimum absolute atomic E-state index is 0.0434. The number of aryl methyl sites for hydroxylation is 1. The zero-order valence-corrected chi connectivity index (χ0v) is 19.5. The van der Waals surface area contributed by atoms with Gasteiger partial charge in [-0.3, -0.25) is 9.59 Å². The molecule has 2 heterocycles. The van der Waals surface area contributed by atoms with E-state index in [1.807, 2.05) is 37.3 Å². The molecule has 1 aliphatic heterocycles. The van der Waals surface area contributed by atoms with E-state index in [0.717, 1.165) is 11.1 Å². The van der Waals surface area contributed by atoms with E-state index in [4.69, 9.17) is 13.9 Å². The molecule has 1 atom stereocenters. The summed E-state index contributed by atoms with van der Waals surface area (Å²) in [6, 6.07) is 18.8. The van der Waals surface area contributed by atoms with Crippen LogP contribution in [0, 0.1) is 6.92 Å². The van der Waals surface area contributed by atoms with Crippen LogP contribution in [-0.4, -0.2) is 31.0 Å². The monoisotopic (exact) mass is 469 g/mol. The van der Waals surface area contributed by atoms with E-state index in [9.17, 15) is 14.4 Å². The zero-order valence-electron chi connectivity index (χ0n) is 19.5. The quantitative estimate of drug-likeness (QED) is 0.396. The lowest BCUT2D eigenvalue weighted by Gasteiger charge is -2.25. The average Bonchev–Trinajstić information content (AvgIpc) is 3.16. The molecule has 3 aromatic carbocycles. The molecule has 1 aromatic heterocycles. The summed E-state index contributed by atoms with van der Waals surface area (Å²) >= 11 is 0. The molecule has 176 valence electrons. The van der Waals surface area contributed by atoms with Gasteiger partial charge in [-0.05, 0) is 54.4 Å². The molecule has 0 bridgehead atoms. The molecule has 7 heteroatoms. The minimum Gasteiger partial charge on any atom is -0.497 e. The molecule has 0 fully saturated rings. The molecule has 0 saturated carbocycles. The Bertz CT molecular complexity index is 1500. The topological polar surface area (TPSA) is 86.0 Å². The molecule has 7 nitrogen and oxygen atoms in total. The molecular weight excluding hydrogens is 446 g/mol. The number of rotatable bonds is 5. The lowest BCUT2D eigenvalue weighted by Crippen LogP contribution is -2.29. The summed E-state index contributed by atoms with van der Waals surface area (Å²) in [7, 11) is 2.91. The van der Waals surface area contributed by atoms with Gasteiger partial charge < -0.3 is 18.8 Å². The number of ether oxygens (including phenoxy) is 2. The molecule has 1 unspecified atom stereocenters. The second-order valence-electron chi connectivity index (χ2n) is 8.47. The largest absolute Gasteiger partial charge is 0.497 e. The summed E-state index contributed by atoms with van der Waals surface area (Å²) in [4.78, 5) is 40.8. The first-order chi connectivity index (χ1) is 16.9. The van der Waals surface area contributed by atoms with Gasteiger partial charge in [0, 0.05) is 6.54 Å². The van der Waals surface area contributed by atoms with Crippen LogP contribution < -0.4 is 10.2 Å². The third kappa shape index (κ3) is 3.85. The highest BCUT2D eigenvalue weighted by atomic mass is 16.5. The second kappa shape index (κ2) is 8.76. The van der Waals surface area contributed by atoms with E-state index < -0.39 is 12.0 Å². The number of hydrogen-bond acceptors (Lipinski definition) is 6. The van der Waals surface area contributed by atoms with Crippen LogP contribution in [-0.2, 0) is 11.3 Å². The van der Waals surface area contributed by atoms with Crippen molar-refractivity contribution in [2.24, 2.45) is 0 Å². The first-order valence-electron chi connectivity index (χ1n) is 11.1. The van der Waals surface area contributed by atoms with Crippen molar-refractivity contribution in [2.75, 3.05) is 14.2 Å². The summed E-state index contributed by atoms with van der Waals surface area (Å²) in [5.41, 5.74) is 3.30. The number of esters is 1. The van der Waals surface area contributed by atoms with Gasteiger partial charge in [0.05, 0.1) is 36.8 Å². The van der Waals surface area contributed by atoms with E-state index in [1.54, 1.807) is 48.4 Å². The van der Waals surface area contributed by atoms with Crippen molar-refractivity contribution in [3.8, 4) is 5.75 Å². The Morgan fingerprint density at radius 3 is 2.34 bits per heavy atom. The Kier molecular flexibility index (Phi) is 5.61. The van der Waals surface area contributed by atoms with Crippen molar-refractivity contribution in [1.82, 2.24) is 4.90 Å². The van der Waals surface area contributed by atoms with Crippen LogP contribution in [0.4, 0.5) is 0 Å². The van der Waals surface area contributed by atoms with E-state index in [-0.39, 0.29) is 23.6 Å². The van der Waals surface area contributed by atoms with Crippen LogP contribution >= 0.6 is 0 Å². The highest BCUT2D eigenvalue weighted by Gasteiger charge is 2.42. The highest BCUT2D eigenvalue weighted by molar-refractivity contribution is 5.99. The fraction of sp³-hybridized carbons (Fsp3) is 0.179. The molecule has 1 aliphatic rings. The van der Waals surface area contributed by atoms with E-state index in [0.29, 0.717) is 33.4 Å². The van der Waals surface area contributed by atoms with Gasteiger partial charge >= 0.3 is 5.97 Å². The van der Waals surface area contributed by atoms with Crippen molar-refractivity contribution >= 4 is 22.8 Å². The van der Waals surface area contributed by atoms with Crippen molar-refractivity contribution in [1.29, 1.82) is 0 Å². The Balaban J connectivity index is 1.66. The van der Waals surface area contributed by atoms with Gasteiger partial charge in [-0.15, -0.1) is 0 Å². The van der Waals surface area contributed by atoms with E-state index in [2.05, 4.69) is 0 Å². The van der Waals surface area contributed by atoms with Crippen molar-refractivity contribution in [2.45, 2.75) is 19.5 Å². The Hall–Kier alpha value is -4.39. The number of methoxy groups -OCH3 is 2. The maximum absolute atomic E-state index is 13.7. The van der Waals surface area contributed by atoms with E-state index in [1.165, 1.54) is 7.11 Å².